The Bertz CT molecular complexity index is 994. The Kier molecular flexibility index (Phi) is 6.21. The Hall–Kier alpha value is -2.95. The molecule has 1 saturated heterocycles. The van der Waals surface area contributed by atoms with Crippen LogP contribution in [0.2, 0.25) is 0 Å². The number of nitrogens with zero attached hydrogens (tertiary/aromatic N) is 1. The smallest absolute Gasteiger partial charge is 0.246 e. The molecule has 2 fully saturated rings. The number of hydrogen-bond donors (Lipinski definition) is 1. The highest BCUT2D eigenvalue weighted by Gasteiger charge is 2.48. The molecule has 0 spiro atoms. The van der Waals surface area contributed by atoms with Crippen LogP contribution in [0.15, 0.2) is 48.5 Å². The van der Waals surface area contributed by atoms with Gasteiger partial charge in [-0.3, -0.25) is 14.4 Å². The van der Waals surface area contributed by atoms with Crippen molar-refractivity contribution in [3.05, 3.63) is 59.7 Å². The van der Waals surface area contributed by atoms with Crippen LogP contribution in [0.5, 0.6) is 0 Å². The average molecular weight is 419 g/mol. The van der Waals surface area contributed by atoms with Crippen molar-refractivity contribution in [2.24, 2.45) is 17.8 Å². The number of imide groups is 1. The van der Waals surface area contributed by atoms with E-state index in [1.54, 1.807) is 6.07 Å². The lowest BCUT2D eigenvalue weighted by Crippen LogP contribution is -2.55. The van der Waals surface area contributed by atoms with E-state index in [2.05, 4.69) is 5.32 Å². The lowest BCUT2D eigenvalue weighted by Gasteiger charge is -2.40. The normalized spacial score (nSPS) is 22.5. The van der Waals surface area contributed by atoms with E-state index in [1.807, 2.05) is 56.3 Å². The van der Waals surface area contributed by atoms with Crippen LogP contribution < -0.4 is 10.2 Å². The van der Waals surface area contributed by atoms with Crippen LogP contribution in [0, 0.1) is 31.6 Å². The molecule has 1 heterocycles. The Balaban J connectivity index is 1.67. The number of rotatable bonds is 4. The summed E-state index contributed by atoms with van der Waals surface area (Å²) in [5.74, 6) is -1.78. The van der Waals surface area contributed by atoms with Gasteiger partial charge >= 0.3 is 0 Å². The summed E-state index contributed by atoms with van der Waals surface area (Å²) in [5.41, 5.74) is 3.23. The van der Waals surface area contributed by atoms with Gasteiger partial charge in [0.25, 0.3) is 0 Å². The van der Waals surface area contributed by atoms with Gasteiger partial charge in [-0.1, -0.05) is 56.4 Å². The second-order valence-corrected chi connectivity index (χ2v) is 9.01. The molecule has 5 nitrogen and oxygen atoms in total. The molecule has 5 heteroatoms. The molecule has 0 bridgehead atoms. The monoisotopic (exact) mass is 418 g/mol. The zero-order chi connectivity index (χ0) is 22.0. The Morgan fingerprint density at radius 3 is 2.29 bits per heavy atom. The van der Waals surface area contributed by atoms with Crippen LogP contribution in [0.1, 0.15) is 49.7 Å². The number of carbonyl (C=O) groups is 3. The van der Waals surface area contributed by atoms with E-state index in [4.69, 9.17) is 0 Å². The van der Waals surface area contributed by atoms with Crippen molar-refractivity contribution < 1.29 is 14.4 Å². The largest absolute Gasteiger partial charge is 0.325 e. The van der Waals surface area contributed by atoms with Gasteiger partial charge in [0, 0.05) is 12.1 Å². The topological polar surface area (TPSA) is 66.5 Å². The number of piperidine rings is 1. The summed E-state index contributed by atoms with van der Waals surface area (Å²) in [5, 5.41) is 2.95. The van der Waals surface area contributed by atoms with Crippen molar-refractivity contribution in [1.29, 1.82) is 0 Å². The van der Waals surface area contributed by atoms with Crippen LogP contribution in [-0.4, -0.2) is 17.7 Å². The van der Waals surface area contributed by atoms with Crippen LogP contribution in [0.4, 0.5) is 11.4 Å². The number of aryl methyl sites for hydroxylation is 2. The molecule has 0 radical (unpaired) electrons. The summed E-state index contributed by atoms with van der Waals surface area (Å²) in [6, 6.07) is 14.9. The summed E-state index contributed by atoms with van der Waals surface area (Å²) in [4.78, 5) is 41.4. The molecule has 1 aliphatic carbocycles. The fourth-order valence-electron chi connectivity index (χ4n) is 5.14. The summed E-state index contributed by atoms with van der Waals surface area (Å²) < 4.78 is 0. The molecule has 2 atom stereocenters. The van der Waals surface area contributed by atoms with Crippen LogP contribution in [0.3, 0.4) is 0 Å². The van der Waals surface area contributed by atoms with Gasteiger partial charge < -0.3 is 5.32 Å². The Morgan fingerprint density at radius 2 is 1.61 bits per heavy atom. The van der Waals surface area contributed by atoms with E-state index in [-0.39, 0.29) is 30.1 Å². The summed E-state index contributed by atoms with van der Waals surface area (Å²) >= 11 is 0. The minimum absolute atomic E-state index is 0.203. The molecule has 2 aromatic rings. The van der Waals surface area contributed by atoms with Crippen molar-refractivity contribution >= 4 is 29.1 Å². The molecular weight excluding hydrogens is 388 g/mol. The number of benzene rings is 2. The molecule has 4 rings (SSSR count). The molecule has 31 heavy (non-hydrogen) atoms. The third-order valence-electron chi connectivity index (χ3n) is 6.66. The van der Waals surface area contributed by atoms with Crippen molar-refractivity contribution in [2.45, 2.75) is 52.4 Å². The van der Waals surface area contributed by atoms with E-state index in [1.165, 1.54) is 11.3 Å². The van der Waals surface area contributed by atoms with Crippen molar-refractivity contribution in [3.63, 3.8) is 0 Å². The van der Waals surface area contributed by atoms with E-state index in [9.17, 15) is 14.4 Å². The molecule has 1 N–H and O–H groups in total. The first-order chi connectivity index (χ1) is 14.9. The van der Waals surface area contributed by atoms with E-state index in [0.29, 0.717) is 11.4 Å². The number of nitrogens with one attached hydrogen (secondary N) is 1. The predicted octanol–water partition coefficient (Wildman–Crippen LogP) is 5.02. The molecule has 3 amide bonds. The van der Waals surface area contributed by atoms with Gasteiger partial charge in [-0.05, 0) is 61.1 Å². The summed E-state index contributed by atoms with van der Waals surface area (Å²) in [6.45, 7) is 3.89. The minimum Gasteiger partial charge on any atom is -0.325 e. The number of anilines is 2. The maximum Gasteiger partial charge on any atom is 0.246 e. The Labute approximate surface area is 183 Å². The molecule has 1 aliphatic heterocycles. The maximum atomic E-state index is 13.6. The van der Waals surface area contributed by atoms with Gasteiger partial charge in [0.05, 0.1) is 5.69 Å². The second-order valence-electron chi connectivity index (χ2n) is 9.01. The minimum atomic E-state index is -0.859. The quantitative estimate of drug-likeness (QED) is 0.560. The van der Waals surface area contributed by atoms with Crippen molar-refractivity contribution in [2.75, 3.05) is 10.2 Å². The Morgan fingerprint density at radius 1 is 0.935 bits per heavy atom. The molecule has 1 saturated carbocycles. The molecular formula is C26H30N2O3. The highest BCUT2D eigenvalue weighted by Crippen LogP contribution is 2.41. The van der Waals surface area contributed by atoms with Crippen LogP contribution >= 0.6 is 0 Å². The lowest BCUT2D eigenvalue weighted by molar-refractivity contribution is -0.141. The molecule has 162 valence electrons. The summed E-state index contributed by atoms with van der Waals surface area (Å²) in [7, 11) is 0. The fourth-order valence-corrected chi connectivity index (χ4v) is 5.14. The van der Waals surface area contributed by atoms with Gasteiger partial charge in [-0.2, -0.15) is 0 Å². The van der Waals surface area contributed by atoms with Gasteiger partial charge in [0.2, 0.25) is 17.7 Å². The van der Waals surface area contributed by atoms with Gasteiger partial charge in [0.15, 0.2) is 0 Å². The highest BCUT2D eigenvalue weighted by molar-refractivity contribution is 6.24. The molecule has 2 aromatic carbocycles. The molecule has 0 unspecified atom stereocenters. The van der Waals surface area contributed by atoms with Crippen LogP contribution in [0.25, 0.3) is 0 Å². The van der Waals surface area contributed by atoms with Crippen molar-refractivity contribution in [3.8, 4) is 0 Å². The highest BCUT2D eigenvalue weighted by atomic mass is 16.2. The molecule has 0 aromatic heterocycles. The summed E-state index contributed by atoms with van der Waals surface area (Å²) in [6.07, 6.45) is 5.56. The SMILES string of the molecule is Cc1cccc(NC(=O)[C@@H]2C(=O)N(c3cccc(C)c3)C(=O)C[C@H]2C2CCCCC2)c1. The van der Waals surface area contributed by atoms with Crippen LogP contribution in [-0.2, 0) is 14.4 Å². The number of carbonyl (C=O) groups excluding carboxylic acids is 3. The van der Waals surface area contributed by atoms with E-state index >= 15 is 0 Å². The van der Waals surface area contributed by atoms with E-state index < -0.39 is 11.8 Å². The predicted molar refractivity (Wildman–Crippen MR) is 122 cm³/mol. The molecule has 2 aliphatic rings. The zero-order valence-electron chi connectivity index (χ0n) is 18.3. The van der Waals surface area contributed by atoms with E-state index in [0.717, 1.165) is 36.8 Å². The standard InChI is InChI=1S/C26H30N2O3/c1-17-8-6-12-20(14-17)27-25(30)24-22(19-10-4-3-5-11-19)16-23(29)28(26(24)31)21-13-7-9-18(2)15-21/h6-9,12-15,19,22,24H,3-5,10-11,16H2,1-2H3,(H,27,30)/t22-,24+/m0/s1. The second kappa shape index (κ2) is 9.04. The maximum absolute atomic E-state index is 13.6. The van der Waals surface area contributed by atoms with Gasteiger partial charge in [0.1, 0.15) is 5.92 Å². The first kappa shape index (κ1) is 21.3. The number of amides is 3. The zero-order valence-corrected chi connectivity index (χ0v) is 18.3. The lowest BCUT2D eigenvalue weighted by atomic mass is 9.70. The number of hydrogen-bond acceptors (Lipinski definition) is 3. The first-order valence-electron chi connectivity index (χ1n) is 11.2. The average Bonchev–Trinajstić information content (AvgIpc) is 2.74. The van der Waals surface area contributed by atoms with Gasteiger partial charge in [-0.25, -0.2) is 4.90 Å². The fraction of sp³-hybridized carbons (Fsp3) is 0.423. The van der Waals surface area contributed by atoms with Gasteiger partial charge in [-0.15, -0.1) is 0 Å². The van der Waals surface area contributed by atoms with Crippen molar-refractivity contribution in [1.82, 2.24) is 0 Å². The first-order valence-corrected chi connectivity index (χ1v) is 11.2. The third kappa shape index (κ3) is 4.55. The third-order valence-corrected chi connectivity index (χ3v) is 6.66.